The molecule has 7 atom stereocenters. The molecule has 1 saturated heterocycles. The fourth-order valence-electron chi connectivity index (χ4n) is 6.10. The normalized spacial score (nSPS) is 21.0. The number of amides is 6. The molecule has 0 saturated carbocycles. The lowest BCUT2D eigenvalue weighted by Crippen LogP contribution is -2.61. The van der Waals surface area contributed by atoms with Crippen molar-refractivity contribution in [2.24, 2.45) is 16.6 Å². The van der Waals surface area contributed by atoms with Crippen LogP contribution in [0.3, 0.4) is 0 Å². The number of esters is 1. The molecule has 2 unspecified atom stereocenters. The molecule has 3 rings (SSSR count). The van der Waals surface area contributed by atoms with E-state index in [0.717, 1.165) is 12.2 Å². The van der Waals surface area contributed by atoms with Crippen LogP contribution >= 0.6 is 0 Å². The summed E-state index contributed by atoms with van der Waals surface area (Å²) in [4.78, 5) is 103. The lowest BCUT2D eigenvalue weighted by atomic mass is 9.93. The third kappa shape index (κ3) is 15.9. The van der Waals surface area contributed by atoms with Gasteiger partial charge < -0.3 is 66.4 Å². The van der Waals surface area contributed by atoms with Crippen LogP contribution < -0.4 is 31.7 Å². The first-order valence-corrected chi connectivity index (χ1v) is 21.1. The summed E-state index contributed by atoms with van der Waals surface area (Å²) in [5, 5.41) is 51.0. The molecule has 1 aromatic carbocycles. The standard InChI is InChI=1S/C43H64N6O16/c1-41(2,3)40(61)62-21-23-12-13-27(64-38-33(55)31(53)32(54)34(65-38)37(58)59)25(19-23)47-28(50)16-18-45-35(56)24(48-36(57)26(20-44)49-29(51)14-15-30(49)52)11-9-10-17-46-39(60)43(7,8)22-63-42(4,5)6/h12-15,19,24,26,31-34,38,53-55H,9-11,16-18,20-22,44H2,1-8H3,(H,45,56)(H,46,60)(H,47,50)(H,48,57)(H,58,59)/t24?,26?,31-,32-,33+,34-,38+/m0/s1. The number of carboxylic acids is 1. The Bertz CT molecular complexity index is 1920. The molecule has 1 fully saturated rings. The largest absolute Gasteiger partial charge is 0.479 e. The molecule has 1 aromatic rings. The van der Waals surface area contributed by atoms with Gasteiger partial charge in [0.2, 0.25) is 29.9 Å². The Morgan fingerprint density at radius 1 is 0.862 bits per heavy atom. The number of hydrogen-bond donors (Lipinski definition) is 9. The number of aliphatic hydroxyl groups excluding tert-OH is 3. The monoisotopic (exact) mass is 920 g/mol. The number of ether oxygens (including phenoxy) is 4. The van der Waals surface area contributed by atoms with Gasteiger partial charge >= 0.3 is 11.9 Å². The van der Waals surface area contributed by atoms with E-state index in [9.17, 15) is 58.8 Å². The van der Waals surface area contributed by atoms with Crippen molar-refractivity contribution in [3.8, 4) is 5.75 Å². The third-order valence-electron chi connectivity index (χ3n) is 10.0. The number of carboxylic acid groups (broad SMARTS) is 1. The van der Waals surface area contributed by atoms with Gasteiger partial charge in [-0.05, 0) is 92.3 Å². The molecular weight excluding hydrogens is 856 g/mol. The number of nitrogens with zero attached hydrogens (tertiary/aromatic N) is 1. The van der Waals surface area contributed by atoms with Crippen molar-refractivity contribution in [2.45, 2.75) is 136 Å². The molecular formula is C43H64N6O16. The highest BCUT2D eigenvalue weighted by Gasteiger charge is 2.48. The summed E-state index contributed by atoms with van der Waals surface area (Å²) in [6.45, 7) is 13.5. The van der Waals surface area contributed by atoms with Crippen molar-refractivity contribution in [3.05, 3.63) is 35.9 Å². The number of imide groups is 1. The summed E-state index contributed by atoms with van der Waals surface area (Å²) in [5.41, 5.74) is 3.95. The number of benzene rings is 1. The van der Waals surface area contributed by atoms with Crippen LogP contribution in [-0.2, 0) is 59.2 Å². The highest BCUT2D eigenvalue weighted by atomic mass is 16.7. The average Bonchev–Trinajstić information content (AvgIpc) is 3.55. The zero-order valence-electron chi connectivity index (χ0n) is 38.0. The Hall–Kier alpha value is -5.52. The van der Waals surface area contributed by atoms with E-state index in [2.05, 4.69) is 21.3 Å². The number of aliphatic carboxylic acids is 1. The molecule has 22 heteroatoms. The van der Waals surface area contributed by atoms with Crippen LogP contribution in [0.5, 0.6) is 5.75 Å². The lowest BCUT2D eigenvalue weighted by Gasteiger charge is -2.38. The van der Waals surface area contributed by atoms with E-state index in [0.29, 0.717) is 23.3 Å². The predicted molar refractivity (Wildman–Crippen MR) is 229 cm³/mol. The minimum Gasteiger partial charge on any atom is -0.479 e. The van der Waals surface area contributed by atoms with Crippen molar-refractivity contribution in [1.29, 1.82) is 0 Å². The number of unbranched alkanes of at least 4 members (excludes halogenated alkanes) is 1. The second-order valence-corrected chi connectivity index (χ2v) is 18.3. The maximum absolute atomic E-state index is 13.6. The van der Waals surface area contributed by atoms with Crippen molar-refractivity contribution in [3.63, 3.8) is 0 Å². The van der Waals surface area contributed by atoms with Gasteiger partial charge in [0.25, 0.3) is 11.8 Å². The Balaban J connectivity index is 1.74. The van der Waals surface area contributed by atoms with Gasteiger partial charge in [0.15, 0.2) is 6.10 Å². The van der Waals surface area contributed by atoms with Crippen LogP contribution in [-0.4, -0.2) is 147 Å². The van der Waals surface area contributed by atoms with E-state index in [4.69, 9.17) is 24.7 Å². The Morgan fingerprint density at radius 2 is 1.51 bits per heavy atom. The second kappa shape index (κ2) is 23.1. The zero-order chi connectivity index (χ0) is 49.0. The number of rotatable bonds is 22. The molecule has 10 N–H and O–H groups in total. The first-order valence-electron chi connectivity index (χ1n) is 21.1. The molecule has 2 aliphatic heterocycles. The van der Waals surface area contributed by atoms with Crippen molar-refractivity contribution < 1.29 is 77.7 Å². The van der Waals surface area contributed by atoms with E-state index in [1.807, 2.05) is 20.8 Å². The smallest absolute Gasteiger partial charge is 0.335 e. The average molecular weight is 921 g/mol. The lowest BCUT2D eigenvalue weighted by molar-refractivity contribution is -0.271. The molecule has 6 amide bonds. The number of anilines is 1. The first-order chi connectivity index (χ1) is 30.2. The topological polar surface area (TPSA) is 332 Å². The fourth-order valence-corrected chi connectivity index (χ4v) is 6.10. The van der Waals surface area contributed by atoms with Gasteiger partial charge in [0, 0.05) is 38.2 Å². The number of aliphatic hydroxyl groups is 3. The molecule has 0 spiro atoms. The molecule has 0 aliphatic carbocycles. The summed E-state index contributed by atoms with van der Waals surface area (Å²) >= 11 is 0. The number of hydrogen-bond acceptors (Lipinski definition) is 16. The van der Waals surface area contributed by atoms with Crippen molar-refractivity contribution in [1.82, 2.24) is 20.9 Å². The van der Waals surface area contributed by atoms with Gasteiger partial charge in [-0.3, -0.25) is 38.5 Å². The highest BCUT2D eigenvalue weighted by molar-refractivity contribution is 6.15. The van der Waals surface area contributed by atoms with E-state index >= 15 is 0 Å². The number of nitrogens with one attached hydrogen (secondary N) is 4. The summed E-state index contributed by atoms with van der Waals surface area (Å²) in [6, 6.07) is 1.44. The van der Waals surface area contributed by atoms with Crippen LogP contribution in [0.4, 0.5) is 5.69 Å². The van der Waals surface area contributed by atoms with Crippen LogP contribution in [0.2, 0.25) is 0 Å². The Morgan fingerprint density at radius 3 is 2.09 bits per heavy atom. The van der Waals surface area contributed by atoms with E-state index < -0.39 is 107 Å². The predicted octanol–water partition coefficient (Wildman–Crippen LogP) is -0.643. The Labute approximate surface area is 376 Å². The van der Waals surface area contributed by atoms with E-state index in [-0.39, 0.29) is 56.5 Å². The molecule has 65 heavy (non-hydrogen) atoms. The van der Waals surface area contributed by atoms with Gasteiger partial charge in [-0.2, -0.15) is 0 Å². The van der Waals surface area contributed by atoms with Crippen LogP contribution in [0, 0.1) is 10.8 Å². The van der Waals surface area contributed by atoms with Gasteiger partial charge in [-0.1, -0.05) is 6.07 Å². The molecule has 362 valence electrons. The quantitative estimate of drug-likeness (QED) is 0.0397. The summed E-state index contributed by atoms with van der Waals surface area (Å²) < 4.78 is 22.1. The summed E-state index contributed by atoms with van der Waals surface area (Å²) in [7, 11) is 0. The molecule has 0 radical (unpaired) electrons. The number of nitrogens with two attached hydrogens (primary N) is 1. The maximum atomic E-state index is 13.6. The van der Waals surface area contributed by atoms with Crippen LogP contribution in [0.15, 0.2) is 30.4 Å². The van der Waals surface area contributed by atoms with Gasteiger partial charge in [-0.25, -0.2) is 4.79 Å². The molecule has 0 aromatic heterocycles. The maximum Gasteiger partial charge on any atom is 0.335 e. The minimum atomic E-state index is -1.99. The van der Waals surface area contributed by atoms with Gasteiger partial charge in [0.1, 0.15) is 42.8 Å². The van der Waals surface area contributed by atoms with Crippen molar-refractivity contribution in [2.75, 3.05) is 31.6 Å². The second-order valence-electron chi connectivity index (χ2n) is 18.3. The fraction of sp³-hybridized carbons (Fsp3) is 0.628. The Kier molecular flexibility index (Phi) is 19.1. The van der Waals surface area contributed by atoms with Gasteiger partial charge in [0.05, 0.1) is 28.7 Å². The SMILES string of the molecule is CC(C)(C)OCC(C)(C)C(=O)NCCCCC(NC(=O)C(CN)N1C(=O)C=CC1=O)C(=O)NCCC(=O)Nc1cc(COC(=O)C(C)(C)C)ccc1O[C@@H]1O[C@H](C(=O)O)[C@@H](O)[C@H](O)[C@H]1O. The third-order valence-corrected chi connectivity index (χ3v) is 10.0. The van der Waals surface area contributed by atoms with E-state index in [1.54, 1.807) is 34.6 Å². The van der Waals surface area contributed by atoms with Crippen molar-refractivity contribution >= 4 is 53.1 Å². The van der Waals surface area contributed by atoms with Gasteiger partial charge in [-0.15, -0.1) is 0 Å². The minimum absolute atomic E-state index is 0.0322. The highest BCUT2D eigenvalue weighted by Crippen LogP contribution is 2.32. The summed E-state index contributed by atoms with van der Waals surface area (Å²) in [5.74, 6) is -6.45. The van der Waals surface area contributed by atoms with Crippen LogP contribution in [0.25, 0.3) is 0 Å². The number of carbonyl (C=O) groups is 8. The van der Waals surface area contributed by atoms with E-state index in [1.165, 1.54) is 18.2 Å². The molecule has 0 bridgehead atoms. The summed E-state index contributed by atoms with van der Waals surface area (Å²) in [6.07, 6.45) is -7.41. The molecule has 2 aliphatic rings. The molecule has 22 nitrogen and oxygen atoms in total. The number of carbonyl (C=O) groups excluding carboxylic acids is 7. The first kappa shape index (κ1) is 53.8. The molecule has 2 heterocycles. The van der Waals surface area contributed by atoms with Crippen LogP contribution in [0.1, 0.15) is 86.6 Å². The zero-order valence-corrected chi connectivity index (χ0v) is 38.0.